The maximum atomic E-state index is 5.88. The fourth-order valence-electron chi connectivity index (χ4n) is 2.37. The number of rotatable bonds is 5. The van der Waals surface area contributed by atoms with Crippen molar-refractivity contribution in [2.45, 2.75) is 19.8 Å². The summed E-state index contributed by atoms with van der Waals surface area (Å²) in [7, 11) is 0. The van der Waals surface area contributed by atoms with E-state index in [4.69, 9.17) is 5.73 Å². The van der Waals surface area contributed by atoms with Crippen LogP contribution in [0.1, 0.15) is 19.8 Å². The lowest BCUT2D eigenvalue weighted by molar-refractivity contribution is 0.536. The van der Waals surface area contributed by atoms with Crippen LogP contribution in [-0.4, -0.2) is 16.5 Å². The third kappa shape index (κ3) is 3.07. The summed E-state index contributed by atoms with van der Waals surface area (Å²) in [6, 6.07) is 11.7. The minimum atomic E-state index is 0.500. The molecule has 1 aliphatic rings. The van der Waals surface area contributed by atoms with Crippen molar-refractivity contribution in [1.29, 1.82) is 0 Å². The lowest BCUT2D eigenvalue weighted by Crippen LogP contribution is -2.14. The fourth-order valence-corrected chi connectivity index (χ4v) is 2.37. The van der Waals surface area contributed by atoms with Gasteiger partial charge in [-0.2, -0.15) is 0 Å². The zero-order valence-electron chi connectivity index (χ0n) is 11.7. The largest absolute Gasteiger partial charge is 0.384 e. The zero-order valence-corrected chi connectivity index (χ0v) is 11.7. The van der Waals surface area contributed by atoms with E-state index in [1.165, 1.54) is 12.8 Å². The van der Waals surface area contributed by atoms with Crippen molar-refractivity contribution in [1.82, 2.24) is 9.97 Å². The second kappa shape index (κ2) is 5.49. The zero-order chi connectivity index (χ0) is 13.9. The van der Waals surface area contributed by atoms with Crippen LogP contribution < -0.4 is 11.1 Å². The molecule has 1 heterocycles. The molecule has 1 aromatic heterocycles. The molecule has 0 saturated heterocycles. The van der Waals surface area contributed by atoms with Crippen molar-refractivity contribution in [3.05, 3.63) is 36.4 Å². The summed E-state index contributed by atoms with van der Waals surface area (Å²) in [6.45, 7) is 3.22. The van der Waals surface area contributed by atoms with E-state index in [-0.39, 0.29) is 0 Å². The molecule has 3 N–H and O–H groups in total. The summed E-state index contributed by atoms with van der Waals surface area (Å²) >= 11 is 0. The maximum Gasteiger partial charge on any atom is 0.163 e. The van der Waals surface area contributed by atoms with Crippen LogP contribution in [0.4, 0.5) is 11.6 Å². The van der Waals surface area contributed by atoms with E-state index in [1.807, 2.05) is 30.3 Å². The first kappa shape index (κ1) is 12.9. The van der Waals surface area contributed by atoms with Crippen LogP contribution in [0.3, 0.4) is 0 Å². The molecular formula is C16H20N4. The summed E-state index contributed by atoms with van der Waals surface area (Å²) < 4.78 is 0. The van der Waals surface area contributed by atoms with Gasteiger partial charge in [-0.25, -0.2) is 9.97 Å². The van der Waals surface area contributed by atoms with E-state index >= 15 is 0 Å². The first-order chi connectivity index (χ1) is 9.72. The molecule has 0 spiro atoms. The van der Waals surface area contributed by atoms with Crippen LogP contribution in [0.2, 0.25) is 0 Å². The summed E-state index contributed by atoms with van der Waals surface area (Å²) in [5, 5.41) is 3.39. The monoisotopic (exact) mass is 268 g/mol. The average Bonchev–Trinajstić information content (AvgIpc) is 3.30. The average molecular weight is 268 g/mol. The van der Waals surface area contributed by atoms with Gasteiger partial charge in [0.1, 0.15) is 11.6 Å². The van der Waals surface area contributed by atoms with E-state index < -0.39 is 0 Å². The molecule has 0 amide bonds. The van der Waals surface area contributed by atoms with Crippen molar-refractivity contribution >= 4 is 11.6 Å². The highest BCUT2D eigenvalue weighted by Gasteiger charge is 2.27. The highest BCUT2D eigenvalue weighted by molar-refractivity contribution is 5.60. The highest BCUT2D eigenvalue weighted by atomic mass is 15.0. The van der Waals surface area contributed by atoms with Crippen molar-refractivity contribution in [3.8, 4) is 11.4 Å². The van der Waals surface area contributed by atoms with E-state index in [2.05, 4.69) is 22.2 Å². The van der Waals surface area contributed by atoms with E-state index in [0.717, 1.165) is 23.8 Å². The predicted octanol–water partition coefficient (Wildman–Crippen LogP) is 3.18. The van der Waals surface area contributed by atoms with E-state index in [9.17, 15) is 0 Å². The first-order valence-corrected chi connectivity index (χ1v) is 7.16. The Balaban J connectivity index is 1.76. The number of benzene rings is 1. The Kier molecular flexibility index (Phi) is 3.54. The third-order valence-corrected chi connectivity index (χ3v) is 3.81. The Labute approximate surface area is 119 Å². The quantitative estimate of drug-likeness (QED) is 0.874. The molecule has 1 aliphatic carbocycles. The maximum absolute atomic E-state index is 5.88. The molecule has 1 unspecified atom stereocenters. The van der Waals surface area contributed by atoms with E-state index in [0.29, 0.717) is 17.6 Å². The Bertz CT molecular complexity index is 578. The van der Waals surface area contributed by atoms with Crippen molar-refractivity contribution in [3.63, 3.8) is 0 Å². The number of nitrogens with zero attached hydrogens (tertiary/aromatic N) is 2. The Morgan fingerprint density at radius 2 is 2.00 bits per heavy atom. The second-order valence-electron chi connectivity index (χ2n) is 5.56. The molecular weight excluding hydrogens is 248 g/mol. The van der Waals surface area contributed by atoms with Crippen molar-refractivity contribution in [2.75, 3.05) is 17.6 Å². The summed E-state index contributed by atoms with van der Waals surface area (Å²) in [5.41, 5.74) is 6.87. The topological polar surface area (TPSA) is 63.8 Å². The molecule has 1 fully saturated rings. The third-order valence-electron chi connectivity index (χ3n) is 3.81. The van der Waals surface area contributed by atoms with Gasteiger partial charge in [0.25, 0.3) is 0 Å². The van der Waals surface area contributed by atoms with Gasteiger partial charge in [-0.1, -0.05) is 37.3 Å². The summed E-state index contributed by atoms with van der Waals surface area (Å²) in [6.07, 6.45) is 2.73. The summed E-state index contributed by atoms with van der Waals surface area (Å²) in [4.78, 5) is 8.86. The minimum Gasteiger partial charge on any atom is -0.384 e. The molecule has 4 heteroatoms. The molecule has 1 saturated carbocycles. The van der Waals surface area contributed by atoms with Gasteiger partial charge in [0.05, 0.1) is 0 Å². The first-order valence-electron chi connectivity index (χ1n) is 7.16. The molecule has 20 heavy (non-hydrogen) atoms. The number of aromatic nitrogens is 2. The summed E-state index contributed by atoms with van der Waals surface area (Å²) in [5.74, 6) is 3.55. The number of hydrogen-bond acceptors (Lipinski definition) is 4. The smallest absolute Gasteiger partial charge is 0.163 e. The Morgan fingerprint density at radius 3 is 2.70 bits per heavy atom. The van der Waals surface area contributed by atoms with Crippen LogP contribution in [0, 0.1) is 11.8 Å². The van der Waals surface area contributed by atoms with Gasteiger partial charge in [0, 0.05) is 18.2 Å². The van der Waals surface area contributed by atoms with Crippen LogP contribution in [0.5, 0.6) is 0 Å². The molecule has 3 rings (SSSR count). The Hall–Kier alpha value is -2.10. The molecule has 1 atom stereocenters. The van der Waals surface area contributed by atoms with Gasteiger partial charge >= 0.3 is 0 Å². The number of nitrogen functional groups attached to an aromatic ring is 1. The number of hydrogen-bond donors (Lipinski definition) is 2. The van der Waals surface area contributed by atoms with Gasteiger partial charge in [-0.3, -0.25) is 0 Å². The van der Waals surface area contributed by atoms with Crippen LogP contribution in [0.15, 0.2) is 36.4 Å². The molecule has 0 aliphatic heterocycles. The molecule has 0 bridgehead atoms. The van der Waals surface area contributed by atoms with E-state index in [1.54, 1.807) is 6.07 Å². The van der Waals surface area contributed by atoms with Gasteiger partial charge in [0.15, 0.2) is 5.82 Å². The highest BCUT2D eigenvalue weighted by Crippen LogP contribution is 2.36. The SMILES string of the molecule is CC(CNc1cc(N)nc(-c2ccccc2)n1)C1CC1. The molecule has 0 radical (unpaired) electrons. The molecule has 4 nitrogen and oxygen atoms in total. The lowest BCUT2D eigenvalue weighted by atomic mass is 10.1. The normalized spacial score (nSPS) is 15.8. The van der Waals surface area contributed by atoms with Crippen LogP contribution in [0.25, 0.3) is 11.4 Å². The molecule has 2 aromatic rings. The van der Waals surface area contributed by atoms with Crippen molar-refractivity contribution in [2.24, 2.45) is 11.8 Å². The van der Waals surface area contributed by atoms with Gasteiger partial charge < -0.3 is 11.1 Å². The molecule has 1 aromatic carbocycles. The van der Waals surface area contributed by atoms with Gasteiger partial charge in [-0.05, 0) is 24.7 Å². The van der Waals surface area contributed by atoms with Crippen molar-refractivity contribution < 1.29 is 0 Å². The predicted molar refractivity (Wildman–Crippen MR) is 82.3 cm³/mol. The van der Waals surface area contributed by atoms with Gasteiger partial charge in [-0.15, -0.1) is 0 Å². The number of nitrogens with two attached hydrogens (primary N) is 1. The van der Waals surface area contributed by atoms with Gasteiger partial charge in [0.2, 0.25) is 0 Å². The Morgan fingerprint density at radius 1 is 1.25 bits per heavy atom. The number of nitrogens with one attached hydrogen (secondary N) is 1. The lowest BCUT2D eigenvalue weighted by Gasteiger charge is -2.13. The standard InChI is InChI=1S/C16H20N4/c1-11(12-7-8-12)10-18-15-9-14(17)19-16(20-15)13-5-3-2-4-6-13/h2-6,9,11-12H,7-8,10H2,1H3,(H3,17,18,19,20). The fraction of sp³-hybridized carbons (Fsp3) is 0.375. The number of anilines is 2. The second-order valence-corrected chi connectivity index (χ2v) is 5.56. The molecule has 104 valence electrons. The minimum absolute atomic E-state index is 0.500. The van der Waals surface area contributed by atoms with Crippen LogP contribution >= 0.6 is 0 Å². The van der Waals surface area contributed by atoms with Crippen LogP contribution in [-0.2, 0) is 0 Å².